The number of carbonyl (C=O) groups is 2. The summed E-state index contributed by atoms with van der Waals surface area (Å²) in [5.41, 5.74) is 4.12. The average Bonchev–Trinajstić information content (AvgIpc) is 3.33. The number of nitrogens with zero attached hydrogens (tertiary/aromatic N) is 4. The van der Waals surface area contributed by atoms with E-state index in [0.717, 1.165) is 23.0 Å². The van der Waals surface area contributed by atoms with Crippen molar-refractivity contribution in [2.24, 2.45) is 0 Å². The molecule has 0 aliphatic rings. The number of ether oxygens (including phenoxy) is 1. The maximum Gasteiger partial charge on any atom is 0.326 e. The van der Waals surface area contributed by atoms with Gasteiger partial charge in [0.25, 0.3) is 11.5 Å². The largest absolute Gasteiger partial charge is 0.454 e. The highest BCUT2D eigenvalue weighted by Crippen LogP contribution is 2.25. The van der Waals surface area contributed by atoms with Crippen molar-refractivity contribution in [3.63, 3.8) is 0 Å². The highest BCUT2D eigenvalue weighted by atomic mass is 16.5. The molecule has 2 aromatic heterocycles. The van der Waals surface area contributed by atoms with E-state index in [1.165, 1.54) is 4.57 Å². The van der Waals surface area contributed by atoms with Crippen LogP contribution in [0.4, 0.5) is 5.82 Å². The van der Waals surface area contributed by atoms with Crippen LogP contribution < -0.4 is 10.9 Å². The Labute approximate surface area is 212 Å². The minimum atomic E-state index is -0.717. The second-order valence-electron chi connectivity index (χ2n) is 8.41. The van der Waals surface area contributed by atoms with Gasteiger partial charge in [0.05, 0.1) is 28.6 Å². The van der Waals surface area contributed by atoms with Crippen molar-refractivity contribution in [1.82, 2.24) is 19.3 Å². The number of hydrogen-bond acceptors (Lipinski definition) is 6. The molecule has 5 rings (SSSR count). The molecule has 9 nitrogen and oxygen atoms in total. The first-order chi connectivity index (χ1) is 18.0. The molecule has 0 fully saturated rings. The van der Waals surface area contributed by atoms with Crippen LogP contribution >= 0.6 is 0 Å². The van der Waals surface area contributed by atoms with E-state index in [2.05, 4.69) is 15.4 Å². The predicted molar refractivity (Wildman–Crippen MR) is 139 cm³/mol. The molecule has 0 atom stereocenters. The SMILES string of the molecule is Cc1ccc(-c2cc(NC(=O)COC(=O)Cn3c(=O)cnc4ccccc43)n(-c3ccccc3)n2)cc1. The van der Waals surface area contributed by atoms with Gasteiger partial charge in [-0.1, -0.05) is 60.2 Å². The van der Waals surface area contributed by atoms with Gasteiger partial charge < -0.3 is 10.1 Å². The lowest BCUT2D eigenvalue weighted by Gasteiger charge is -2.11. The standard InChI is InChI=1S/C28H23N5O4/c1-19-11-13-20(14-12-19)23-15-25(33(31-23)21-7-3-2-4-8-21)30-26(34)18-37-28(36)17-32-24-10-6-5-9-22(24)29-16-27(32)35/h2-16H,17-18H2,1H3,(H,30,34). The molecule has 37 heavy (non-hydrogen) atoms. The number of hydrogen-bond donors (Lipinski definition) is 1. The molecule has 0 bridgehead atoms. The third kappa shape index (κ3) is 5.30. The summed E-state index contributed by atoms with van der Waals surface area (Å²) in [6.07, 6.45) is 1.15. The summed E-state index contributed by atoms with van der Waals surface area (Å²) in [5.74, 6) is -0.822. The van der Waals surface area contributed by atoms with Gasteiger partial charge in [0, 0.05) is 11.6 Å². The van der Waals surface area contributed by atoms with Crippen LogP contribution in [-0.4, -0.2) is 37.8 Å². The molecule has 0 spiro atoms. The van der Waals surface area contributed by atoms with Crippen LogP contribution in [0.25, 0.3) is 28.0 Å². The second-order valence-corrected chi connectivity index (χ2v) is 8.41. The molecule has 0 radical (unpaired) electrons. The Bertz CT molecular complexity index is 1640. The fourth-order valence-electron chi connectivity index (χ4n) is 3.88. The molecule has 0 saturated carbocycles. The van der Waals surface area contributed by atoms with Gasteiger partial charge in [-0.15, -0.1) is 0 Å². The molecule has 0 aliphatic carbocycles. The molecule has 2 heterocycles. The van der Waals surface area contributed by atoms with Crippen LogP contribution in [0.15, 0.2) is 95.9 Å². The maximum absolute atomic E-state index is 12.7. The summed E-state index contributed by atoms with van der Waals surface area (Å²) in [4.78, 5) is 41.5. The summed E-state index contributed by atoms with van der Waals surface area (Å²) in [7, 11) is 0. The monoisotopic (exact) mass is 493 g/mol. The Balaban J connectivity index is 1.31. The Morgan fingerprint density at radius 2 is 1.68 bits per heavy atom. The third-order valence-corrected chi connectivity index (χ3v) is 5.73. The normalized spacial score (nSPS) is 10.8. The number of fused-ring (bicyclic) bond motifs is 1. The molecular formula is C28H23N5O4. The van der Waals surface area contributed by atoms with Crippen molar-refractivity contribution in [2.75, 3.05) is 11.9 Å². The minimum Gasteiger partial charge on any atom is -0.454 e. The van der Waals surface area contributed by atoms with Crippen LogP contribution in [0.1, 0.15) is 5.56 Å². The molecule has 0 saturated heterocycles. The molecule has 9 heteroatoms. The zero-order valence-corrected chi connectivity index (χ0v) is 20.0. The van der Waals surface area contributed by atoms with E-state index >= 15 is 0 Å². The van der Waals surface area contributed by atoms with E-state index in [1.54, 1.807) is 35.0 Å². The van der Waals surface area contributed by atoms with Crippen LogP contribution in [0.3, 0.4) is 0 Å². The number of anilines is 1. The quantitative estimate of drug-likeness (QED) is 0.346. The Morgan fingerprint density at radius 1 is 0.946 bits per heavy atom. The van der Waals surface area contributed by atoms with Crippen LogP contribution in [0.5, 0.6) is 0 Å². The summed E-state index contributed by atoms with van der Waals surface area (Å²) in [5, 5.41) is 7.45. The fraction of sp³-hybridized carbons (Fsp3) is 0.107. The van der Waals surface area contributed by atoms with Crippen molar-refractivity contribution >= 4 is 28.7 Å². The average molecular weight is 494 g/mol. The van der Waals surface area contributed by atoms with Gasteiger partial charge in [0.15, 0.2) is 6.61 Å². The number of amides is 1. The van der Waals surface area contributed by atoms with Crippen molar-refractivity contribution < 1.29 is 14.3 Å². The molecular weight excluding hydrogens is 470 g/mol. The first-order valence-corrected chi connectivity index (χ1v) is 11.6. The number of rotatable bonds is 7. The predicted octanol–water partition coefficient (Wildman–Crippen LogP) is 3.74. The lowest BCUT2D eigenvalue weighted by Crippen LogP contribution is -2.28. The van der Waals surface area contributed by atoms with Gasteiger partial charge in [0.1, 0.15) is 12.4 Å². The number of aryl methyl sites for hydroxylation is 1. The molecule has 5 aromatic rings. The number of carbonyl (C=O) groups excluding carboxylic acids is 2. The number of esters is 1. The van der Waals surface area contributed by atoms with E-state index in [1.807, 2.05) is 61.5 Å². The smallest absolute Gasteiger partial charge is 0.326 e. The van der Waals surface area contributed by atoms with Gasteiger partial charge in [-0.25, -0.2) is 9.67 Å². The molecule has 1 amide bonds. The summed E-state index contributed by atoms with van der Waals surface area (Å²) >= 11 is 0. The Hall–Kier alpha value is -5.05. The van der Waals surface area contributed by atoms with Gasteiger partial charge in [0.2, 0.25) is 0 Å². The van der Waals surface area contributed by atoms with Gasteiger partial charge in [-0.2, -0.15) is 5.10 Å². The number of para-hydroxylation sites is 3. The first-order valence-electron chi connectivity index (χ1n) is 11.6. The summed E-state index contributed by atoms with van der Waals surface area (Å²) in [6, 6.07) is 26.0. The van der Waals surface area contributed by atoms with Crippen molar-refractivity contribution in [2.45, 2.75) is 13.5 Å². The third-order valence-electron chi connectivity index (χ3n) is 5.73. The zero-order chi connectivity index (χ0) is 25.8. The molecule has 1 N–H and O–H groups in total. The van der Waals surface area contributed by atoms with Gasteiger partial charge in [-0.05, 0) is 31.2 Å². The summed E-state index contributed by atoms with van der Waals surface area (Å²) < 4.78 is 8.06. The molecule has 3 aromatic carbocycles. The fourth-order valence-corrected chi connectivity index (χ4v) is 3.88. The maximum atomic E-state index is 12.7. The topological polar surface area (TPSA) is 108 Å². The van der Waals surface area contributed by atoms with Crippen LogP contribution in [-0.2, 0) is 20.9 Å². The highest BCUT2D eigenvalue weighted by Gasteiger charge is 2.16. The van der Waals surface area contributed by atoms with E-state index in [4.69, 9.17) is 4.74 Å². The van der Waals surface area contributed by atoms with Crippen LogP contribution in [0.2, 0.25) is 0 Å². The lowest BCUT2D eigenvalue weighted by molar-refractivity contribution is -0.147. The molecule has 184 valence electrons. The number of nitrogens with one attached hydrogen (secondary N) is 1. The molecule has 0 unspecified atom stereocenters. The molecule has 0 aliphatic heterocycles. The Morgan fingerprint density at radius 3 is 2.46 bits per heavy atom. The van der Waals surface area contributed by atoms with Crippen molar-refractivity contribution in [1.29, 1.82) is 0 Å². The minimum absolute atomic E-state index is 0.339. The second kappa shape index (κ2) is 10.3. The van der Waals surface area contributed by atoms with Crippen LogP contribution in [0, 0.1) is 6.92 Å². The van der Waals surface area contributed by atoms with Gasteiger partial charge in [-0.3, -0.25) is 19.0 Å². The number of aromatic nitrogens is 4. The zero-order valence-electron chi connectivity index (χ0n) is 20.0. The van der Waals surface area contributed by atoms with Crippen molar-refractivity contribution in [3.05, 3.63) is 107 Å². The van der Waals surface area contributed by atoms with Gasteiger partial charge >= 0.3 is 5.97 Å². The summed E-state index contributed by atoms with van der Waals surface area (Å²) in [6.45, 7) is 1.15. The number of benzene rings is 3. The van der Waals surface area contributed by atoms with E-state index in [-0.39, 0.29) is 6.54 Å². The van der Waals surface area contributed by atoms with Crippen molar-refractivity contribution in [3.8, 4) is 16.9 Å². The van der Waals surface area contributed by atoms with E-state index in [9.17, 15) is 14.4 Å². The highest BCUT2D eigenvalue weighted by molar-refractivity contribution is 5.93. The Kier molecular flexibility index (Phi) is 6.58. The van der Waals surface area contributed by atoms with E-state index < -0.39 is 24.0 Å². The van der Waals surface area contributed by atoms with E-state index in [0.29, 0.717) is 22.5 Å². The lowest BCUT2D eigenvalue weighted by atomic mass is 10.1. The first kappa shape index (κ1) is 23.7.